The summed E-state index contributed by atoms with van der Waals surface area (Å²) in [5.74, 6) is 1.14. The van der Waals surface area contributed by atoms with Crippen molar-refractivity contribution in [3.8, 4) is 11.8 Å². The van der Waals surface area contributed by atoms with Gasteiger partial charge in [-0.05, 0) is 68.9 Å². The lowest BCUT2D eigenvalue weighted by Crippen LogP contribution is -2.22. The lowest BCUT2D eigenvalue weighted by molar-refractivity contribution is -0.142. The highest BCUT2D eigenvalue weighted by Crippen LogP contribution is 2.40. The number of carbonyl (C=O) groups excluding carboxylic acids is 1. The Kier molecular flexibility index (Phi) is 9.19. The molecule has 0 amide bonds. The van der Waals surface area contributed by atoms with Crippen LogP contribution in [0.25, 0.3) is 0 Å². The standard InChI is InChI=1S/C27H32N4O3S2/c1-4-33-25(32)13-14-35-31-23-10-6-7-20-21(23)8-5-9-22(20)27-30-29-26(36-27)18-11-12-24(34-17(2)3)19(15-18)16-28/h5,8-9,11-12,15,17,23,26,29,31H,4,6-7,10,13-14H2,1-3H3. The predicted octanol–water partition coefficient (Wildman–Crippen LogP) is 5.61. The lowest BCUT2D eigenvalue weighted by atomic mass is 9.85. The summed E-state index contributed by atoms with van der Waals surface area (Å²) in [7, 11) is 0. The van der Waals surface area contributed by atoms with Gasteiger partial charge in [0, 0.05) is 17.4 Å². The second-order valence-electron chi connectivity index (χ2n) is 8.92. The van der Waals surface area contributed by atoms with E-state index < -0.39 is 0 Å². The third kappa shape index (κ3) is 6.36. The molecule has 0 aromatic heterocycles. The molecule has 0 fully saturated rings. The zero-order valence-electron chi connectivity index (χ0n) is 20.9. The molecule has 0 saturated carbocycles. The Hall–Kier alpha value is -2.67. The Morgan fingerprint density at radius 3 is 3.00 bits per heavy atom. The summed E-state index contributed by atoms with van der Waals surface area (Å²) in [5, 5.41) is 15.2. The largest absolute Gasteiger partial charge is 0.490 e. The third-order valence-electron chi connectivity index (χ3n) is 5.98. The van der Waals surface area contributed by atoms with Gasteiger partial charge in [-0.25, -0.2) is 0 Å². The molecule has 2 aliphatic rings. The van der Waals surface area contributed by atoms with Crippen LogP contribution in [0.2, 0.25) is 0 Å². The molecular weight excluding hydrogens is 492 g/mol. The van der Waals surface area contributed by atoms with Crippen molar-refractivity contribution in [3.05, 3.63) is 64.2 Å². The van der Waals surface area contributed by atoms with E-state index in [0.29, 0.717) is 30.1 Å². The number of benzene rings is 2. The van der Waals surface area contributed by atoms with Gasteiger partial charge in [-0.15, -0.1) is 0 Å². The SMILES string of the molecule is CCOC(=O)CCSNC1CCCc2c(C3=NNC(c4ccc(OC(C)C)c(C#N)c4)S3)cccc21. The molecule has 1 aliphatic carbocycles. The molecule has 7 nitrogen and oxygen atoms in total. The molecule has 4 rings (SSSR count). The van der Waals surface area contributed by atoms with Gasteiger partial charge in [-0.3, -0.25) is 14.9 Å². The maximum absolute atomic E-state index is 11.6. The molecule has 1 aliphatic heterocycles. The van der Waals surface area contributed by atoms with Gasteiger partial charge >= 0.3 is 5.97 Å². The van der Waals surface area contributed by atoms with Gasteiger partial charge < -0.3 is 9.47 Å². The van der Waals surface area contributed by atoms with Crippen LogP contribution in [0.4, 0.5) is 0 Å². The number of nitrogens with zero attached hydrogens (tertiary/aromatic N) is 2. The molecule has 0 spiro atoms. The average Bonchev–Trinajstić information content (AvgIpc) is 3.36. The van der Waals surface area contributed by atoms with Crippen LogP contribution in [0.3, 0.4) is 0 Å². The fourth-order valence-electron chi connectivity index (χ4n) is 4.40. The van der Waals surface area contributed by atoms with E-state index in [1.807, 2.05) is 39.0 Å². The third-order valence-corrected chi connectivity index (χ3v) is 7.99. The predicted molar refractivity (Wildman–Crippen MR) is 146 cm³/mol. The molecule has 2 aromatic carbocycles. The quantitative estimate of drug-likeness (QED) is 0.235. The van der Waals surface area contributed by atoms with Crippen molar-refractivity contribution in [3.63, 3.8) is 0 Å². The van der Waals surface area contributed by atoms with E-state index in [0.717, 1.165) is 35.4 Å². The second kappa shape index (κ2) is 12.5. The minimum absolute atomic E-state index is 0.00963. The molecule has 190 valence electrons. The van der Waals surface area contributed by atoms with Gasteiger partial charge in [0.1, 0.15) is 22.2 Å². The van der Waals surface area contributed by atoms with Gasteiger partial charge in [0.25, 0.3) is 0 Å². The van der Waals surface area contributed by atoms with Crippen LogP contribution in [0, 0.1) is 11.3 Å². The van der Waals surface area contributed by atoms with E-state index in [1.165, 1.54) is 11.1 Å². The molecule has 0 radical (unpaired) electrons. The van der Waals surface area contributed by atoms with Crippen LogP contribution in [0.1, 0.15) is 79.3 Å². The first-order valence-corrected chi connectivity index (χ1v) is 14.2. The Morgan fingerprint density at radius 2 is 2.22 bits per heavy atom. The minimum Gasteiger partial charge on any atom is -0.490 e. The summed E-state index contributed by atoms with van der Waals surface area (Å²) in [5.41, 5.74) is 8.57. The molecule has 9 heteroatoms. The van der Waals surface area contributed by atoms with Crippen molar-refractivity contribution in [1.82, 2.24) is 10.1 Å². The number of rotatable bonds is 10. The van der Waals surface area contributed by atoms with Crippen molar-refractivity contribution in [2.75, 3.05) is 12.4 Å². The maximum Gasteiger partial charge on any atom is 0.306 e. The molecule has 36 heavy (non-hydrogen) atoms. The van der Waals surface area contributed by atoms with E-state index in [2.05, 4.69) is 39.5 Å². The van der Waals surface area contributed by atoms with Crippen molar-refractivity contribution in [2.45, 2.75) is 64.0 Å². The van der Waals surface area contributed by atoms with Crippen molar-refractivity contribution in [1.29, 1.82) is 5.26 Å². The monoisotopic (exact) mass is 524 g/mol. The summed E-state index contributed by atoms with van der Waals surface area (Å²) in [6.45, 7) is 6.15. The number of hydrazone groups is 1. The van der Waals surface area contributed by atoms with Crippen LogP contribution in [-0.2, 0) is 16.0 Å². The fraction of sp³-hybridized carbons (Fsp3) is 0.444. The number of thioether (sulfide) groups is 1. The molecule has 2 N–H and O–H groups in total. The first-order valence-electron chi connectivity index (χ1n) is 12.4. The molecule has 1 heterocycles. The van der Waals surface area contributed by atoms with Crippen LogP contribution in [0.5, 0.6) is 5.75 Å². The van der Waals surface area contributed by atoms with Gasteiger partial charge in [-0.2, -0.15) is 10.4 Å². The Morgan fingerprint density at radius 1 is 1.36 bits per heavy atom. The Bertz CT molecular complexity index is 1160. The van der Waals surface area contributed by atoms with Crippen LogP contribution in [-0.4, -0.2) is 29.5 Å². The minimum atomic E-state index is -0.152. The number of nitrogens with one attached hydrogen (secondary N) is 2. The number of nitriles is 1. The zero-order chi connectivity index (χ0) is 25.5. The highest BCUT2D eigenvalue weighted by atomic mass is 32.2. The van der Waals surface area contributed by atoms with E-state index in [-0.39, 0.29) is 23.5 Å². The highest BCUT2D eigenvalue weighted by Gasteiger charge is 2.28. The summed E-state index contributed by atoms with van der Waals surface area (Å²) in [6.07, 6.45) is 3.59. The summed E-state index contributed by atoms with van der Waals surface area (Å²) >= 11 is 3.26. The molecular formula is C27H32N4O3S2. The van der Waals surface area contributed by atoms with Crippen LogP contribution in [0.15, 0.2) is 41.5 Å². The normalized spacial score (nSPS) is 18.7. The van der Waals surface area contributed by atoms with E-state index in [9.17, 15) is 10.1 Å². The zero-order valence-corrected chi connectivity index (χ0v) is 22.5. The summed E-state index contributed by atoms with van der Waals surface area (Å²) < 4.78 is 14.3. The Balaban J connectivity index is 1.43. The van der Waals surface area contributed by atoms with E-state index >= 15 is 0 Å². The van der Waals surface area contributed by atoms with E-state index in [4.69, 9.17) is 9.47 Å². The number of ether oxygens (including phenoxy) is 2. The Labute approximate surface area is 221 Å². The van der Waals surface area contributed by atoms with Gasteiger partial charge in [-0.1, -0.05) is 48.0 Å². The van der Waals surface area contributed by atoms with E-state index in [1.54, 1.807) is 23.7 Å². The van der Waals surface area contributed by atoms with Gasteiger partial charge in [0.05, 0.1) is 24.7 Å². The second-order valence-corrected chi connectivity index (χ2v) is 10.9. The van der Waals surface area contributed by atoms with Crippen molar-refractivity contribution >= 4 is 34.7 Å². The van der Waals surface area contributed by atoms with Crippen molar-refractivity contribution < 1.29 is 14.3 Å². The first-order chi connectivity index (χ1) is 17.5. The number of hydrogen-bond donors (Lipinski definition) is 2. The smallest absolute Gasteiger partial charge is 0.306 e. The van der Waals surface area contributed by atoms with Crippen molar-refractivity contribution in [2.24, 2.45) is 5.10 Å². The highest BCUT2D eigenvalue weighted by molar-refractivity contribution is 8.14. The maximum atomic E-state index is 11.6. The number of esters is 1. The fourth-order valence-corrected chi connectivity index (χ4v) is 6.27. The molecule has 2 unspecified atom stereocenters. The summed E-state index contributed by atoms with van der Waals surface area (Å²) in [6, 6.07) is 14.7. The molecule has 0 bridgehead atoms. The summed E-state index contributed by atoms with van der Waals surface area (Å²) in [4.78, 5) is 11.6. The number of carbonyl (C=O) groups is 1. The molecule has 2 atom stereocenters. The average molecular weight is 525 g/mol. The van der Waals surface area contributed by atoms with Crippen LogP contribution >= 0.6 is 23.7 Å². The van der Waals surface area contributed by atoms with Gasteiger partial charge in [0.15, 0.2) is 0 Å². The number of fused-ring (bicyclic) bond motifs is 1. The van der Waals surface area contributed by atoms with Crippen LogP contribution < -0.4 is 14.9 Å². The number of hydrogen-bond acceptors (Lipinski definition) is 9. The lowest BCUT2D eigenvalue weighted by Gasteiger charge is -2.27. The topological polar surface area (TPSA) is 95.7 Å². The molecule has 0 saturated heterocycles. The van der Waals surface area contributed by atoms with Gasteiger partial charge in [0.2, 0.25) is 0 Å². The first kappa shape index (κ1) is 26.4. The molecule has 2 aromatic rings.